The summed E-state index contributed by atoms with van der Waals surface area (Å²) in [6.07, 6.45) is 3.28. The van der Waals surface area contributed by atoms with E-state index < -0.39 is 0 Å². The molecular formula is C20H31N3OS. The molecule has 1 aromatic carbocycles. The highest BCUT2D eigenvalue weighted by Gasteiger charge is 2.25. The topological polar surface area (TPSA) is 35.6 Å². The lowest BCUT2D eigenvalue weighted by molar-refractivity contribution is -0.116. The van der Waals surface area contributed by atoms with Crippen LogP contribution in [0.3, 0.4) is 0 Å². The Morgan fingerprint density at radius 3 is 2.52 bits per heavy atom. The number of amides is 1. The predicted octanol–water partition coefficient (Wildman–Crippen LogP) is 3.15. The molecule has 0 bridgehead atoms. The number of carbonyl (C=O) groups is 1. The van der Waals surface area contributed by atoms with Crippen molar-refractivity contribution in [1.82, 2.24) is 9.80 Å². The number of hydrogen-bond donors (Lipinski definition) is 1. The maximum atomic E-state index is 12.2. The van der Waals surface area contributed by atoms with Gasteiger partial charge in [-0.3, -0.25) is 9.69 Å². The van der Waals surface area contributed by atoms with E-state index in [1.165, 1.54) is 35.5 Å². The summed E-state index contributed by atoms with van der Waals surface area (Å²) in [5.41, 5.74) is 3.38. The Bertz CT molecular complexity index is 578. The monoisotopic (exact) mass is 361 g/mol. The number of hydrogen-bond acceptors (Lipinski definition) is 4. The first-order valence-corrected chi connectivity index (χ1v) is 10.7. The van der Waals surface area contributed by atoms with Crippen molar-refractivity contribution in [2.45, 2.75) is 39.2 Å². The van der Waals surface area contributed by atoms with Crippen molar-refractivity contribution in [3.63, 3.8) is 0 Å². The first-order chi connectivity index (χ1) is 12.1. The van der Waals surface area contributed by atoms with Crippen molar-refractivity contribution in [1.29, 1.82) is 0 Å². The van der Waals surface area contributed by atoms with Gasteiger partial charge in [-0.15, -0.1) is 0 Å². The normalized spacial score (nSPS) is 20.6. The van der Waals surface area contributed by atoms with Crippen molar-refractivity contribution in [2.75, 3.05) is 49.5 Å². The molecule has 0 atom stereocenters. The van der Waals surface area contributed by atoms with E-state index in [2.05, 4.69) is 52.9 Å². The van der Waals surface area contributed by atoms with Gasteiger partial charge in [-0.05, 0) is 61.5 Å². The molecule has 25 heavy (non-hydrogen) atoms. The summed E-state index contributed by atoms with van der Waals surface area (Å²) in [7, 11) is 0. The summed E-state index contributed by atoms with van der Waals surface area (Å²) in [6, 6.07) is 6.90. The smallest absolute Gasteiger partial charge is 0.225 e. The van der Waals surface area contributed by atoms with Gasteiger partial charge in [0.05, 0.1) is 0 Å². The van der Waals surface area contributed by atoms with E-state index in [0.29, 0.717) is 6.42 Å². The van der Waals surface area contributed by atoms with E-state index in [0.717, 1.165) is 44.5 Å². The van der Waals surface area contributed by atoms with Crippen molar-refractivity contribution in [3.8, 4) is 0 Å². The third-order valence-corrected chi connectivity index (χ3v) is 6.61. The first-order valence-electron chi connectivity index (χ1n) is 9.53. The second-order valence-corrected chi connectivity index (χ2v) is 8.54. The molecule has 1 aromatic rings. The molecule has 2 fully saturated rings. The lowest BCUT2D eigenvalue weighted by Crippen LogP contribution is -2.51. The molecule has 2 aliphatic heterocycles. The number of carbonyl (C=O) groups excluding carboxylic acids is 1. The van der Waals surface area contributed by atoms with Crippen molar-refractivity contribution in [2.24, 2.45) is 0 Å². The largest absolute Gasteiger partial charge is 0.326 e. The Balaban J connectivity index is 1.37. The van der Waals surface area contributed by atoms with Crippen LogP contribution in [0.15, 0.2) is 18.2 Å². The minimum Gasteiger partial charge on any atom is -0.326 e. The average Bonchev–Trinajstić information content (AvgIpc) is 2.64. The second kappa shape index (κ2) is 9.06. The molecule has 2 aliphatic rings. The standard InChI is InChI=1S/C20H31N3OS/c1-16-3-4-18(15-17(16)2)21-20(24)5-8-22-9-11-23(12-10-22)19-6-13-25-14-7-19/h3-4,15,19H,5-14H2,1-2H3,(H,21,24). The molecule has 5 heteroatoms. The Morgan fingerprint density at radius 1 is 1.12 bits per heavy atom. The number of nitrogens with one attached hydrogen (secondary N) is 1. The van der Waals surface area contributed by atoms with Crippen LogP contribution in [0.4, 0.5) is 5.69 Å². The molecule has 0 unspecified atom stereocenters. The lowest BCUT2D eigenvalue weighted by Gasteiger charge is -2.40. The summed E-state index contributed by atoms with van der Waals surface area (Å²) in [4.78, 5) is 17.3. The number of benzene rings is 1. The molecule has 3 rings (SSSR count). The Labute approximate surface area is 156 Å². The predicted molar refractivity (Wildman–Crippen MR) is 108 cm³/mol. The van der Waals surface area contributed by atoms with Crippen LogP contribution in [0.5, 0.6) is 0 Å². The van der Waals surface area contributed by atoms with E-state index in [4.69, 9.17) is 0 Å². The molecule has 0 radical (unpaired) electrons. The van der Waals surface area contributed by atoms with Gasteiger partial charge in [0.2, 0.25) is 5.91 Å². The molecule has 1 N–H and O–H groups in total. The fourth-order valence-electron chi connectivity index (χ4n) is 3.70. The number of piperazine rings is 1. The number of anilines is 1. The number of aryl methyl sites for hydroxylation is 2. The molecule has 138 valence electrons. The molecule has 0 aliphatic carbocycles. The van der Waals surface area contributed by atoms with Crippen molar-refractivity contribution < 1.29 is 4.79 Å². The van der Waals surface area contributed by atoms with Gasteiger partial charge in [-0.25, -0.2) is 0 Å². The Kier molecular flexibility index (Phi) is 6.79. The van der Waals surface area contributed by atoms with Gasteiger partial charge in [-0.2, -0.15) is 11.8 Å². The van der Waals surface area contributed by atoms with Gasteiger partial charge < -0.3 is 10.2 Å². The lowest BCUT2D eigenvalue weighted by atomic mass is 10.1. The third-order valence-electron chi connectivity index (χ3n) is 5.56. The first kappa shape index (κ1) is 18.7. The second-order valence-electron chi connectivity index (χ2n) is 7.32. The molecule has 4 nitrogen and oxygen atoms in total. The van der Waals surface area contributed by atoms with Gasteiger partial charge in [-0.1, -0.05) is 6.07 Å². The zero-order valence-corrected chi connectivity index (χ0v) is 16.4. The summed E-state index contributed by atoms with van der Waals surface area (Å²) >= 11 is 2.10. The van der Waals surface area contributed by atoms with Gasteiger partial charge in [0.1, 0.15) is 0 Å². The number of rotatable bonds is 5. The SMILES string of the molecule is Cc1ccc(NC(=O)CCN2CCN(C3CCSCC3)CC2)cc1C. The molecular weight excluding hydrogens is 330 g/mol. The average molecular weight is 362 g/mol. The Morgan fingerprint density at radius 2 is 1.84 bits per heavy atom. The fourth-order valence-corrected chi connectivity index (χ4v) is 4.79. The summed E-state index contributed by atoms with van der Waals surface area (Å²) in [6.45, 7) is 9.55. The van der Waals surface area contributed by atoms with Crippen LogP contribution in [0.1, 0.15) is 30.4 Å². The highest BCUT2D eigenvalue weighted by molar-refractivity contribution is 7.99. The molecule has 2 saturated heterocycles. The van der Waals surface area contributed by atoms with E-state index in [-0.39, 0.29) is 5.91 Å². The van der Waals surface area contributed by atoms with Crippen LogP contribution in [-0.2, 0) is 4.79 Å². The van der Waals surface area contributed by atoms with Crippen LogP contribution in [0.25, 0.3) is 0 Å². The maximum Gasteiger partial charge on any atom is 0.225 e. The summed E-state index contributed by atoms with van der Waals surface area (Å²) in [5.74, 6) is 2.77. The number of nitrogens with zero attached hydrogens (tertiary/aromatic N) is 2. The maximum absolute atomic E-state index is 12.2. The zero-order chi connectivity index (χ0) is 17.6. The molecule has 2 heterocycles. The van der Waals surface area contributed by atoms with Gasteiger partial charge >= 0.3 is 0 Å². The third kappa shape index (κ3) is 5.47. The van der Waals surface area contributed by atoms with Crippen LogP contribution >= 0.6 is 11.8 Å². The Hall–Kier alpha value is -1.04. The minimum atomic E-state index is 0.120. The van der Waals surface area contributed by atoms with E-state index in [9.17, 15) is 4.79 Å². The highest BCUT2D eigenvalue weighted by Crippen LogP contribution is 2.22. The van der Waals surface area contributed by atoms with Crippen molar-refractivity contribution >= 4 is 23.4 Å². The van der Waals surface area contributed by atoms with Crippen LogP contribution < -0.4 is 5.32 Å². The zero-order valence-electron chi connectivity index (χ0n) is 15.6. The van der Waals surface area contributed by atoms with E-state index in [1.54, 1.807) is 0 Å². The van der Waals surface area contributed by atoms with Gasteiger partial charge in [0.15, 0.2) is 0 Å². The van der Waals surface area contributed by atoms with E-state index >= 15 is 0 Å². The molecule has 0 saturated carbocycles. The molecule has 1 amide bonds. The van der Waals surface area contributed by atoms with E-state index in [1.807, 2.05) is 6.07 Å². The minimum absolute atomic E-state index is 0.120. The van der Waals surface area contributed by atoms with Crippen LogP contribution in [-0.4, -0.2) is 66.0 Å². The quantitative estimate of drug-likeness (QED) is 0.874. The van der Waals surface area contributed by atoms with Crippen molar-refractivity contribution in [3.05, 3.63) is 29.3 Å². The summed E-state index contributed by atoms with van der Waals surface area (Å²) < 4.78 is 0. The van der Waals surface area contributed by atoms with Crippen LogP contribution in [0.2, 0.25) is 0 Å². The van der Waals surface area contributed by atoms with Crippen LogP contribution in [0, 0.1) is 13.8 Å². The highest BCUT2D eigenvalue weighted by atomic mass is 32.2. The molecule has 0 spiro atoms. The molecule has 0 aromatic heterocycles. The fraction of sp³-hybridized carbons (Fsp3) is 0.650. The summed E-state index contributed by atoms with van der Waals surface area (Å²) in [5, 5.41) is 3.03. The van der Waals surface area contributed by atoms with Gasteiger partial charge in [0.25, 0.3) is 0 Å². The number of thioether (sulfide) groups is 1. The van der Waals surface area contributed by atoms with Gasteiger partial charge in [0, 0.05) is 50.9 Å².